The minimum absolute atomic E-state index is 0.141. The Kier molecular flexibility index (Phi) is 5.20. The van der Waals surface area contributed by atoms with Gasteiger partial charge in [-0.15, -0.1) is 0 Å². The summed E-state index contributed by atoms with van der Waals surface area (Å²) in [6, 6.07) is 12.2. The van der Waals surface area contributed by atoms with Crippen LogP contribution in [0.15, 0.2) is 59.4 Å². The molecule has 8 heteroatoms. The predicted octanol–water partition coefficient (Wildman–Crippen LogP) is 3.57. The molecule has 4 rings (SSSR count). The lowest BCUT2D eigenvalue weighted by molar-refractivity contribution is -0.131. The lowest BCUT2D eigenvalue weighted by atomic mass is 10.1. The second-order valence-electron chi connectivity index (χ2n) is 6.76. The number of hydrogen-bond donors (Lipinski definition) is 2. The van der Waals surface area contributed by atoms with Gasteiger partial charge in [-0.3, -0.25) is 14.2 Å². The van der Waals surface area contributed by atoms with Crippen LogP contribution in [0.4, 0.5) is 5.69 Å². The van der Waals surface area contributed by atoms with Crippen molar-refractivity contribution >= 4 is 51.7 Å². The standard InChI is InChI=1S/C22H16ClN3O4/c23-15-3-1-13(2-4-15)11-14-9-10-26-21(14)25-18-12-16(5-6-17(18)22(26)30)24-19(27)7-8-20(28)29/h1-8,11-12H,9-10H2,(H,24,27)(H,28,29). The lowest BCUT2D eigenvalue weighted by Gasteiger charge is -2.08. The zero-order chi connectivity index (χ0) is 21.3. The van der Waals surface area contributed by atoms with Crippen LogP contribution in [0, 0.1) is 0 Å². The van der Waals surface area contributed by atoms with Crippen LogP contribution in [0.1, 0.15) is 17.8 Å². The van der Waals surface area contributed by atoms with Crippen molar-refractivity contribution in [3.05, 3.63) is 81.4 Å². The molecule has 2 N–H and O–H groups in total. The van der Waals surface area contributed by atoms with E-state index in [1.807, 2.05) is 18.2 Å². The first-order valence-corrected chi connectivity index (χ1v) is 9.51. The van der Waals surface area contributed by atoms with Gasteiger partial charge in [0.2, 0.25) is 5.91 Å². The number of carboxylic acids is 1. The van der Waals surface area contributed by atoms with Gasteiger partial charge in [0.15, 0.2) is 0 Å². The molecule has 1 amide bonds. The second-order valence-corrected chi connectivity index (χ2v) is 7.19. The van der Waals surface area contributed by atoms with E-state index in [-0.39, 0.29) is 5.56 Å². The molecule has 0 radical (unpaired) electrons. The third-order valence-corrected chi connectivity index (χ3v) is 4.95. The SMILES string of the molecule is O=C(O)C=CC(=O)Nc1ccc2c(=O)n3c(nc2c1)C(=Cc1ccc(Cl)cc1)CC3. The molecule has 1 aliphatic heterocycles. The second kappa shape index (κ2) is 7.96. The lowest BCUT2D eigenvalue weighted by Crippen LogP contribution is -2.21. The Morgan fingerprint density at radius 2 is 1.90 bits per heavy atom. The summed E-state index contributed by atoms with van der Waals surface area (Å²) in [4.78, 5) is 39.9. The molecule has 150 valence electrons. The summed E-state index contributed by atoms with van der Waals surface area (Å²) < 4.78 is 1.65. The molecular weight excluding hydrogens is 406 g/mol. The Hall–Kier alpha value is -3.71. The molecule has 2 heterocycles. The number of hydrogen-bond acceptors (Lipinski definition) is 4. The van der Waals surface area contributed by atoms with Gasteiger partial charge in [-0.25, -0.2) is 9.78 Å². The van der Waals surface area contributed by atoms with E-state index in [9.17, 15) is 14.4 Å². The number of aliphatic carboxylic acids is 1. The first kappa shape index (κ1) is 19.6. The van der Waals surface area contributed by atoms with E-state index in [0.717, 1.165) is 23.3 Å². The number of rotatable bonds is 4. The van der Waals surface area contributed by atoms with Gasteiger partial charge < -0.3 is 10.4 Å². The van der Waals surface area contributed by atoms with E-state index < -0.39 is 11.9 Å². The maximum Gasteiger partial charge on any atom is 0.328 e. The summed E-state index contributed by atoms with van der Waals surface area (Å²) in [6.45, 7) is 0.551. The predicted molar refractivity (Wildman–Crippen MR) is 115 cm³/mol. The highest BCUT2D eigenvalue weighted by atomic mass is 35.5. The molecule has 0 saturated carbocycles. The number of aromatic nitrogens is 2. The fraction of sp³-hybridized carbons (Fsp3) is 0.0909. The van der Waals surface area contributed by atoms with Crippen molar-refractivity contribution in [3.63, 3.8) is 0 Å². The molecule has 2 aromatic carbocycles. The number of halogens is 1. The Balaban J connectivity index is 1.71. The van der Waals surface area contributed by atoms with Gasteiger partial charge in [-0.2, -0.15) is 0 Å². The molecule has 0 aliphatic carbocycles. The molecule has 0 saturated heterocycles. The average molecular weight is 422 g/mol. The van der Waals surface area contributed by atoms with E-state index in [2.05, 4.69) is 10.3 Å². The molecule has 0 fully saturated rings. The van der Waals surface area contributed by atoms with Gasteiger partial charge in [0.05, 0.1) is 10.9 Å². The molecule has 7 nitrogen and oxygen atoms in total. The monoisotopic (exact) mass is 421 g/mol. The molecule has 30 heavy (non-hydrogen) atoms. The molecule has 3 aromatic rings. The third-order valence-electron chi connectivity index (χ3n) is 4.70. The number of allylic oxidation sites excluding steroid dienone is 1. The summed E-state index contributed by atoms with van der Waals surface area (Å²) >= 11 is 5.94. The number of amides is 1. The van der Waals surface area contributed by atoms with E-state index in [1.165, 1.54) is 0 Å². The number of benzene rings is 2. The first-order chi connectivity index (χ1) is 14.4. The van der Waals surface area contributed by atoms with Crippen molar-refractivity contribution in [3.8, 4) is 0 Å². The van der Waals surface area contributed by atoms with E-state index in [0.29, 0.717) is 40.4 Å². The molecule has 1 aliphatic rings. The van der Waals surface area contributed by atoms with Gasteiger partial charge in [0.1, 0.15) is 5.82 Å². The van der Waals surface area contributed by atoms with Crippen molar-refractivity contribution in [2.75, 3.05) is 5.32 Å². The Labute approximate surface area is 175 Å². The van der Waals surface area contributed by atoms with Crippen molar-refractivity contribution in [2.45, 2.75) is 13.0 Å². The Morgan fingerprint density at radius 3 is 2.63 bits per heavy atom. The van der Waals surface area contributed by atoms with Gasteiger partial charge in [-0.1, -0.05) is 23.7 Å². The molecule has 0 spiro atoms. The Morgan fingerprint density at radius 1 is 1.13 bits per heavy atom. The zero-order valence-corrected chi connectivity index (χ0v) is 16.4. The maximum absolute atomic E-state index is 12.9. The number of carbonyl (C=O) groups excluding carboxylic acids is 1. The van der Waals surface area contributed by atoms with Crippen LogP contribution in [0.5, 0.6) is 0 Å². The molecule has 1 aromatic heterocycles. The number of carbonyl (C=O) groups is 2. The molecule has 0 bridgehead atoms. The molecule has 0 atom stereocenters. The van der Waals surface area contributed by atoms with Crippen LogP contribution >= 0.6 is 11.6 Å². The van der Waals surface area contributed by atoms with Crippen LogP contribution in [0.2, 0.25) is 5.02 Å². The maximum atomic E-state index is 12.9. The largest absolute Gasteiger partial charge is 0.478 e. The normalized spacial score (nSPS) is 14.4. The van der Waals surface area contributed by atoms with Crippen LogP contribution < -0.4 is 10.9 Å². The van der Waals surface area contributed by atoms with Gasteiger partial charge in [0, 0.05) is 29.4 Å². The Bertz CT molecular complexity index is 1290. The van der Waals surface area contributed by atoms with Crippen molar-refractivity contribution in [1.82, 2.24) is 9.55 Å². The topological polar surface area (TPSA) is 101 Å². The van der Waals surface area contributed by atoms with Crippen molar-refractivity contribution in [2.24, 2.45) is 0 Å². The van der Waals surface area contributed by atoms with Gasteiger partial charge in [-0.05, 0) is 54.0 Å². The fourth-order valence-electron chi connectivity index (χ4n) is 3.32. The number of nitrogens with one attached hydrogen (secondary N) is 1. The number of carboxylic acid groups (broad SMARTS) is 1. The highest BCUT2D eigenvalue weighted by molar-refractivity contribution is 6.30. The summed E-state index contributed by atoms with van der Waals surface area (Å²) in [5, 5.41) is 12.3. The molecular formula is C22H16ClN3O4. The van der Waals surface area contributed by atoms with Crippen LogP contribution in [-0.4, -0.2) is 26.5 Å². The van der Waals surface area contributed by atoms with Gasteiger partial charge >= 0.3 is 5.97 Å². The summed E-state index contributed by atoms with van der Waals surface area (Å²) in [5.74, 6) is -1.21. The minimum Gasteiger partial charge on any atom is -0.478 e. The van der Waals surface area contributed by atoms with Gasteiger partial charge in [0.25, 0.3) is 5.56 Å². The van der Waals surface area contributed by atoms with E-state index in [1.54, 1.807) is 34.9 Å². The average Bonchev–Trinajstić information content (AvgIpc) is 3.11. The van der Waals surface area contributed by atoms with E-state index in [4.69, 9.17) is 16.7 Å². The van der Waals surface area contributed by atoms with Crippen LogP contribution in [0.25, 0.3) is 22.6 Å². The van der Waals surface area contributed by atoms with Crippen LogP contribution in [-0.2, 0) is 16.1 Å². The van der Waals surface area contributed by atoms with E-state index >= 15 is 0 Å². The first-order valence-electron chi connectivity index (χ1n) is 9.14. The summed E-state index contributed by atoms with van der Waals surface area (Å²) in [7, 11) is 0. The minimum atomic E-state index is -1.21. The highest BCUT2D eigenvalue weighted by Gasteiger charge is 2.21. The van der Waals surface area contributed by atoms with Crippen LogP contribution in [0.3, 0.4) is 0 Å². The number of nitrogens with zero attached hydrogens (tertiary/aromatic N) is 2. The summed E-state index contributed by atoms with van der Waals surface area (Å²) in [5.41, 5.74) is 2.63. The highest BCUT2D eigenvalue weighted by Crippen LogP contribution is 2.28. The number of anilines is 1. The fourth-order valence-corrected chi connectivity index (χ4v) is 3.45. The third kappa shape index (κ3) is 4.01. The quantitative estimate of drug-likeness (QED) is 0.627. The smallest absolute Gasteiger partial charge is 0.328 e. The summed E-state index contributed by atoms with van der Waals surface area (Å²) in [6.07, 6.45) is 4.34. The van der Waals surface area contributed by atoms with Crippen molar-refractivity contribution < 1.29 is 14.7 Å². The molecule has 0 unspecified atom stereocenters. The van der Waals surface area contributed by atoms with Crippen molar-refractivity contribution in [1.29, 1.82) is 0 Å². The number of fused-ring (bicyclic) bond motifs is 2. The zero-order valence-electron chi connectivity index (χ0n) is 15.6.